The second-order valence-electron chi connectivity index (χ2n) is 2.79. The van der Waals surface area contributed by atoms with Crippen LogP contribution in [0.4, 0.5) is 0 Å². The van der Waals surface area contributed by atoms with Gasteiger partial charge in [-0.1, -0.05) is 5.16 Å². The largest absolute Gasteiger partial charge is 0.339 e. The second-order valence-corrected chi connectivity index (χ2v) is 4.03. The Morgan fingerprint density at radius 1 is 1.57 bits per heavy atom. The maximum absolute atomic E-state index is 5.38. The molecule has 0 amide bonds. The maximum atomic E-state index is 5.38. The van der Waals surface area contributed by atoms with Crippen molar-refractivity contribution in [3.05, 3.63) is 17.1 Å². The first-order valence-corrected chi connectivity index (χ1v) is 5.06. The Bertz CT molecular complexity index is 422. The quantitative estimate of drug-likeness (QED) is 0.817. The van der Waals surface area contributed by atoms with Crippen LogP contribution in [0.1, 0.15) is 10.9 Å². The molecule has 0 aliphatic heterocycles. The van der Waals surface area contributed by atoms with Gasteiger partial charge in [-0.15, -0.1) is 11.3 Å². The molecule has 6 heteroatoms. The standard InChI is InChI=1S/C8H10N4OS/c1-5-10-4-6(14-5)8-11-7(2-3-9)13-12-8/h4H,2-3,9H2,1H3. The average molecular weight is 210 g/mol. The molecular formula is C8H10N4OS. The number of hydrogen-bond donors (Lipinski definition) is 1. The van der Waals surface area contributed by atoms with E-state index in [1.807, 2.05) is 6.92 Å². The van der Waals surface area contributed by atoms with Crippen molar-refractivity contribution in [3.8, 4) is 10.7 Å². The van der Waals surface area contributed by atoms with Crippen LogP contribution in [0.15, 0.2) is 10.7 Å². The van der Waals surface area contributed by atoms with E-state index in [-0.39, 0.29) is 0 Å². The van der Waals surface area contributed by atoms with E-state index >= 15 is 0 Å². The molecule has 0 aliphatic carbocycles. The fourth-order valence-electron chi connectivity index (χ4n) is 1.04. The summed E-state index contributed by atoms with van der Waals surface area (Å²) in [4.78, 5) is 9.24. The summed E-state index contributed by atoms with van der Waals surface area (Å²) < 4.78 is 5.01. The number of thiazole rings is 1. The van der Waals surface area contributed by atoms with Gasteiger partial charge in [0.05, 0.1) is 9.88 Å². The van der Waals surface area contributed by atoms with E-state index in [1.54, 1.807) is 17.5 Å². The highest BCUT2D eigenvalue weighted by atomic mass is 32.1. The van der Waals surface area contributed by atoms with Crippen LogP contribution in [-0.4, -0.2) is 21.7 Å². The van der Waals surface area contributed by atoms with Crippen molar-refractivity contribution in [1.82, 2.24) is 15.1 Å². The minimum absolute atomic E-state index is 0.517. The third-order valence-electron chi connectivity index (χ3n) is 1.67. The smallest absolute Gasteiger partial charge is 0.228 e. The minimum atomic E-state index is 0.517. The van der Waals surface area contributed by atoms with Crippen LogP contribution in [0.3, 0.4) is 0 Å². The van der Waals surface area contributed by atoms with Gasteiger partial charge in [-0.05, 0) is 6.92 Å². The Kier molecular flexibility index (Phi) is 2.55. The van der Waals surface area contributed by atoms with E-state index in [9.17, 15) is 0 Å². The molecule has 0 atom stereocenters. The summed E-state index contributed by atoms with van der Waals surface area (Å²) >= 11 is 1.54. The van der Waals surface area contributed by atoms with Crippen LogP contribution in [0.2, 0.25) is 0 Å². The summed E-state index contributed by atoms with van der Waals surface area (Å²) in [5.74, 6) is 1.17. The van der Waals surface area contributed by atoms with Gasteiger partial charge in [0, 0.05) is 19.2 Å². The predicted octanol–water partition coefficient (Wildman–Crippen LogP) is 1.00. The summed E-state index contributed by atoms with van der Waals surface area (Å²) in [5, 5.41) is 4.84. The molecule has 5 nitrogen and oxygen atoms in total. The van der Waals surface area contributed by atoms with Crippen molar-refractivity contribution in [2.75, 3.05) is 6.54 Å². The van der Waals surface area contributed by atoms with Crippen LogP contribution in [0, 0.1) is 6.92 Å². The van der Waals surface area contributed by atoms with E-state index in [0.29, 0.717) is 24.7 Å². The molecule has 2 rings (SSSR count). The minimum Gasteiger partial charge on any atom is -0.339 e. The van der Waals surface area contributed by atoms with Crippen LogP contribution < -0.4 is 5.73 Å². The maximum Gasteiger partial charge on any atom is 0.228 e. The third kappa shape index (κ3) is 1.80. The predicted molar refractivity (Wildman–Crippen MR) is 52.9 cm³/mol. The van der Waals surface area contributed by atoms with Crippen molar-refractivity contribution in [1.29, 1.82) is 0 Å². The molecular weight excluding hydrogens is 200 g/mol. The molecule has 2 N–H and O–H groups in total. The van der Waals surface area contributed by atoms with E-state index < -0.39 is 0 Å². The molecule has 0 aromatic carbocycles. The lowest BCUT2D eigenvalue weighted by Gasteiger charge is -1.84. The third-order valence-corrected chi connectivity index (χ3v) is 2.58. The zero-order valence-corrected chi connectivity index (χ0v) is 8.54. The molecule has 74 valence electrons. The molecule has 0 bridgehead atoms. The number of nitrogens with two attached hydrogens (primary N) is 1. The Balaban J connectivity index is 2.24. The number of aryl methyl sites for hydroxylation is 1. The molecule has 0 unspecified atom stereocenters. The number of hydrogen-bond acceptors (Lipinski definition) is 6. The molecule has 0 saturated carbocycles. The summed E-state index contributed by atoms with van der Waals surface area (Å²) in [5.41, 5.74) is 5.38. The van der Waals surface area contributed by atoms with Gasteiger partial charge in [-0.2, -0.15) is 4.98 Å². The Labute approximate surface area is 85.0 Å². The highest BCUT2D eigenvalue weighted by Crippen LogP contribution is 2.22. The summed E-state index contributed by atoms with van der Waals surface area (Å²) in [6.45, 7) is 2.46. The van der Waals surface area contributed by atoms with E-state index in [4.69, 9.17) is 10.3 Å². The van der Waals surface area contributed by atoms with E-state index in [0.717, 1.165) is 9.88 Å². The highest BCUT2D eigenvalue weighted by molar-refractivity contribution is 7.14. The first kappa shape index (κ1) is 9.29. The van der Waals surface area contributed by atoms with Gasteiger partial charge in [0.15, 0.2) is 0 Å². The molecule has 0 fully saturated rings. The van der Waals surface area contributed by atoms with Crippen LogP contribution in [-0.2, 0) is 6.42 Å². The van der Waals surface area contributed by atoms with Crippen molar-refractivity contribution in [2.24, 2.45) is 5.73 Å². The van der Waals surface area contributed by atoms with Gasteiger partial charge < -0.3 is 10.3 Å². The van der Waals surface area contributed by atoms with Gasteiger partial charge in [0.25, 0.3) is 0 Å². The van der Waals surface area contributed by atoms with Gasteiger partial charge >= 0.3 is 0 Å². The van der Waals surface area contributed by atoms with E-state index in [1.165, 1.54) is 0 Å². The lowest BCUT2D eigenvalue weighted by molar-refractivity contribution is 0.380. The molecule has 14 heavy (non-hydrogen) atoms. The monoisotopic (exact) mass is 210 g/mol. The molecule has 0 saturated heterocycles. The average Bonchev–Trinajstić information content (AvgIpc) is 2.74. The van der Waals surface area contributed by atoms with Crippen molar-refractivity contribution in [2.45, 2.75) is 13.3 Å². The number of aromatic nitrogens is 3. The van der Waals surface area contributed by atoms with Crippen LogP contribution in [0.25, 0.3) is 10.7 Å². The highest BCUT2D eigenvalue weighted by Gasteiger charge is 2.09. The number of nitrogens with zero attached hydrogens (tertiary/aromatic N) is 3. The molecule has 2 heterocycles. The molecule has 2 aromatic heterocycles. The van der Waals surface area contributed by atoms with Crippen molar-refractivity contribution < 1.29 is 4.52 Å². The summed E-state index contributed by atoms with van der Waals surface area (Å²) in [6.07, 6.45) is 2.36. The molecule has 2 aromatic rings. The first-order chi connectivity index (χ1) is 6.79. The Morgan fingerprint density at radius 3 is 3.07 bits per heavy atom. The van der Waals surface area contributed by atoms with Gasteiger partial charge in [-0.25, -0.2) is 4.98 Å². The van der Waals surface area contributed by atoms with Crippen LogP contribution >= 0.6 is 11.3 Å². The SMILES string of the molecule is Cc1ncc(-c2noc(CCN)n2)s1. The summed E-state index contributed by atoms with van der Waals surface area (Å²) in [6, 6.07) is 0. The van der Waals surface area contributed by atoms with E-state index in [2.05, 4.69) is 15.1 Å². The zero-order chi connectivity index (χ0) is 9.97. The second kappa shape index (κ2) is 3.85. The fourth-order valence-corrected chi connectivity index (χ4v) is 1.75. The Hall–Kier alpha value is -1.27. The first-order valence-electron chi connectivity index (χ1n) is 4.25. The van der Waals surface area contributed by atoms with Crippen molar-refractivity contribution >= 4 is 11.3 Å². The molecule has 0 spiro atoms. The van der Waals surface area contributed by atoms with Gasteiger partial charge in [0.2, 0.25) is 11.7 Å². The molecule has 0 radical (unpaired) electrons. The number of rotatable bonds is 3. The zero-order valence-electron chi connectivity index (χ0n) is 7.73. The van der Waals surface area contributed by atoms with Crippen molar-refractivity contribution in [3.63, 3.8) is 0 Å². The fraction of sp³-hybridized carbons (Fsp3) is 0.375. The summed E-state index contributed by atoms with van der Waals surface area (Å²) in [7, 11) is 0. The lowest BCUT2D eigenvalue weighted by Crippen LogP contribution is -2.02. The molecule has 0 aliphatic rings. The van der Waals surface area contributed by atoms with Crippen LogP contribution in [0.5, 0.6) is 0 Å². The van der Waals surface area contributed by atoms with Gasteiger partial charge in [-0.3, -0.25) is 0 Å². The lowest BCUT2D eigenvalue weighted by atomic mass is 10.4. The normalized spacial score (nSPS) is 10.7. The topological polar surface area (TPSA) is 77.8 Å². The van der Waals surface area contributed by atoms with Gasteiger partial charge in [0.1, 0.15) is 0 Å². The Morgan fingerprint density at radius 2 is 2.43 bits per heavy atom.